The summed E-state index contributed by atoms with van der Waals surface area (Å²) in [5.74, 6) is -44.8. The van der Waals surface area contributed by atoms with Crippen molar-refractivity contribution >= 4 is 0 Å². The molecule has 4 aromatic rings. The predicted octanol–water partition coefficient (Wildman–Crippen LogP) is 12.1. The largest absolute Gasteiger partial charge is 0.395 e. The lowest BCUT2D eigenvalue weighted by Crippen LogP contribution is -2.69. The quantitative estimate of drug-likeness (QED) is 0.144. The van der Waals surface area contributed by atoms with Gasteiger partial charge in [-0.2, -0.15) is 65.9 Å². The molecule has 48 heavy (non-hydrogen) atoms. The Morgan fingerprint density at radius 2 is 0.646 bits per heavy atom. The summed E-state index contributed by atoms with van der Waals surface area (Å²) in [6.07, 6.45) is -4.60. The van der Waals surface area contributed by atoms with Crippen molar-refractivity contribution in [1.82, 2.24) is 0 Å². The Hall–Kier alpha value is -4.17. The first-order chi connectivity index (χ1) is 21.9. The average molecular weight is 703 g/mol. The normalized spacial score (nSPS) is 14.6. The first kappa shape index (κ1) is 36.7. The molecule has 0 aliphatic carbocycles. The molecule has 15 heteroatoms. The smallest absolute Gasteiger partial charge is 0.194 e. The first-order valence-corrected chi connectivity index (χ1v) is 13.6. The van der Waals surface area contributed by atoms with Gasteiger partial charge in [-0.05, 0) is 34.7 Å². The van der Waals surface area contributed by atoms with Crippen molar-refractivity contribution in [3.05, 3.63) is 120 Å². The SMILES string of the molecule is CC(c1ccc(-c2ccc(C(F)(F)C(F)(F)C(F)(F)C(F)(F)C(F)(F)C(F)(F)c3ccc(-c4ccccc4)cc3)cc2)cc1)C(F)(F)F. The Bertz CT molecular complexity index is 1690. The Morgan fingerprint density at radius 1 is 0.354 bits per heavy atom. The van der Waals surface area contributed by atoms with E-state index in [-0.39, 0.29) is 46.5 Å². The molecule has 0 saturated carbocycles. The van der Waals surface area contributed by atoms with Gasteiger partial charge in [-0.15, -0.1) is 0 Å². The molecule has 0 heterocycles. The van der Waals surface area contributed by atoms with Gasteiger partial charge in [0.15, 0.2) is 0 Å². The van der Waals surface area contributed by atoms with Gasteiger partial charge in [0.2, 0.25) is 0 Å². The van der Waals surface area contributed by atoms with Gasteiger partial charge in [0.1, 0.15) is 0 Å². The molecule has 0 aliphatic heterocycles. The van der Waals surface area contributed by atoms with E-state index < -0.39 is 58.8 Å². The molecule has 4 aromatic carbocycles. The first-order valence-electron chi connectivity index (χ1n) is 13.6. The number of halogens is 15. The van der Waals surface area contributed by atoms with Gasteiger partial charge in [0, 0.05) is 11.1 Å². The molecule has 1 atom stereocenters. The van der Waals surface area contributed by atoms with Crippen molar-refractivity contribution in [2.75, 3.05) is 0 Å². The highest BCUT2D eigenvalue weighted by atomic mass is 19.4. The Morgan fingerprint density at radius 3 is 0.958 bits per heavy atom. The van der Waals surface area contributed by atoms with Crippen LogP contribution in [-0.4, -0.2) is 29.9 Å². The topological polar surface area (TPSA) is 0 Å². The van der Waals surface area contributed by atoms with Gasteiger partial charge in [-0.25, -0.2) is 0 Å². The van der Waals surface area contributed by atoms with Crippen molar-refractivity contribution in [2.45, 2.75) is 54.6 Å². The van der Waals surface area contributed by atoms with Gasteiger partial charge >= 0.3 is 41.7 Å². The van der Waals surface area contributed by atoms with Crippen LogP contribution in [-0.2, 0) is 11.8 Å². The molecule has 0 aliphatic rings. The van der Waals surface area contributed by atoms with Gasteiger partial charge in [-0.3, -0.25) is 0 Å². The molecular weight excluding hydrogens is 681 g/mol. The molecule has 0 fully saturated rings. The Labute approximate surface area is 262 Å². The highest BCUT2D eigenvalue weighted by Crippen LogP contribution is 2.63. The minimum absolute atomic E-state index is 0.0327. The fourth-order valence-electron chi connectivity index (χ4n) is 4.68. The summed E-state index contributed by atoms with van der Waals surface area (Å²) in [6, 6.07) is 14.8. The summed E-state index contributed by atoms with van der Waals surface area (Å²) in [7, 11) is 0. The molecule has 4 rings (SSSR count). The van der Waals surface area contributed by atoms with Gasteiger partial charge in [0.05, 0.1) is 5.92 Å². The Kier molecular flexibility index (Phi) is 9.21. The van der Waals surface area contributed by atoms with Crippen LogP contribution in [0.1, 0.15) is 29.5 Å². The molecule has 0 aromatic heterocycles. The van der Waals surface area contributed by atoms with Crippen LogP contribution in [0, 0.1) is 0 Å². The van der Waals surface area contributed by atoms with E-state index in [9.17, 15) is 65.9 Å². The number of hydrogen-bond donors (Lipinski definition) is 0. The van der Waals surface area contributed by atoms with Crippen LogP contribution in [0.2, 0.25) is 0 Å². The van der Waals surface area contributed by atoms with E-state index in [1.807, 2.05) is 0 Å². The average Bonchev–Trinajstić information content (AvgIpc) is 3.04. The third-order valence-electron chi connectivity index (χ3n) is 7.81. The molecule has 0 bridgehead atoms. The number of hydrogen-bond acceptors (Lipinski definition) is 0. The van der Waals surface area contributed by atoms with Gasteiger partial charge in [0.25, 0.3) is 0 Å². The second kappa shape index (κ2) is 12.1. The van der Waals surface area contributed by atoms with E-state index in [0.717, 1.165) is 43.3 Å². The van der Waals surface area contributed by atoms with Crippen LogP contribution < -0.4 is 0 Å². The van der Waals surface area contributed by atoms with E-state index in [2.05, 4.69) is 0 Å². The van der Waals surface area contributed by atoms with E-state index in [1.165, 1.54) is 24.3 Å². The maximum absolute atomic E-state index is 14.9. The highest BCUT2D eigenvalue weighted by Gasteiger charge is 2.90. The maximum Gasteiger partial charge on any atom is 0.395 e. The van der Waals surface area contributed by atoms with Crippen LogP contribution >= 0.6 is 0 Å². The highest BCUT2D eigenvalue weighted by molar-refractivity contribution is 5.65. The molecule has 0 nitrogen and oxygen atoms in total. The Balaban J connectivity index is 1.63. The van der Waals surface area contributed by atoms with Crippen LogP contribution in [0.3, 0.4) is 0 Å². The monoisotopic (exact) mass is 702 g/mol. The zero-order chi connectivity index (χ0) is 36.1. The third kappa shape index (κ3) is 5.89. The summed E-state index contributed by atoms with van der Waals surface area (Å²) in [4.78, 5) is 0. The van der Waals surface area contributed by atoms with Crippen molar-refractivity contribution in [2.24, 2.45) is 0 Å². The summed E-state index contributed by atoms with van der Waals surface area (Å²) in [6.45, 7) is 0.853. The number of benzene rings is 4. The summed E-state index contributed by atoms with van der Waals surface area (Å²) in [5, 5.41) is 0. The predicted molar refractivity (Wildman–Crippen MR) is 146 cm³/mol. The van der Waals surface area contributed by atoms with E-state index in [0.29, 0.717) is 17.7 Å². The van der Waals surface area contributed by atoms with Crippen LogP contribution in [0.4, 0.5) is 65.9 Å². The van der Waals surface area contributed by atoms with Crippen LogP contribution in [0.25, 0.3) is 22.3 Å². The van der Waals surface area contributed by atoms with E-state index in [4.69, 9.17) is 0 Å². The molecule has 0 saturated heterocycles. The van der Waals surface area contributed by atoms with Crippen LogP contribution in [0.15, 0.2) is 103 Å². The summed E-state index contributed by atoms with van der Waals surface area (Å²) < 4.78 is 215. The van der Waals surface area contributed by atoms with E-state index in [1.54, 1.807) is 6.07 Å². The number of alkyl halides is 15. The minimum Gasteiger partial charge on any atom is -0.194 e. The lowest BCUT2D eigenvalue weighted by Gasteiger charge is -2.41. The van der Waals surface area contributed by atoms with Crippen molar-refractivity contribution in [3.63, 3.8) is 0 Å². The maximum atomic E-state index is 14.9. The minimum atomic E-state index is -7.77. The molecule has 0 N–H and O–H groups in total. The summed E-state index contributed by atoms with van der Waals surface area (Å²) >= 11 is 0. The molecule has 1 unspecified atom stereocenters. The molecule has 0 radical (unpaired) electrons. The zero-order valence-electron chi connectivity index (χ0n) is 24.1. The van der Waals surface area contributed by atoms with Gasteiger partial charge < -0.3 is 0 Å². The zero-order valence-corrected chi connectivity index (χ0v) is 24.1. The fourth-order valence-corrected chi connectivity index (χ4v) is 4.68. The van der Waals surface area contributed by atoms with Crippen molar-refractivity contribution < 1.29 is 65.9 Å². The molecule has 0 spiro atoms. The molecule has 258 valence electrons. The van der Waals surface area contributed by atoms with Crippen molar-refractivity contribution in [3.8, 4) is 22.3 Å². The molecular formula is C33H21F15. The van der Waals surface area contributed by atoms with Gasteiger partial charge in [-0.1, -0.05) is 103 Å². The standard InChI is InChI=1S/C33H21F15/c1-19(29(38,39)40)20-7-9-22(10-8-20)24-13-17-26(18-14-24)28(36,37)31(43,44)33(47,48)32(45,46)30(41,42)27(34,35)25-15-11-23(12-16-25)21-5-3-2-4-6-21/h2-19H,1H3. The lowest BCUT2D eigenvalue weighted by molar-refractivity contribution is -0.429. The van der Waals surface area contributed by atoms with Crippen LogP contribution in [0.5, 0.6) is 0 Å². The van der Waals surface area contributed by atoms with Crippen molar-refractivity contribution in [1.29, 1.82) is 0 Å². The second-order valence-electron chi connectivity index (χ2n) is 10.9. The molecule has 0 amide bonds. The number of rotatable bonds is 10. The second-order valence-corrected chi connectivity index (χ2v) is 10.9. The third-order valence-corrected chi connectivity index (χ3v) is 7.81. The lowest BCUT2D eigenvalue weighted by atomic mass is 9.86. The van der Waals surface area contributed by atoms with E-state index >= 15 is 0 Å². The summed E-state index contributed by atoms with van der Waals surface area (Å²) in [5.41, 5.74) is -3.94. The fraction of sp³-hybridized carbons (Fsp3) is 0.273.